The Hall–Kier alpha value is -1.76. The zero-order valence-corrected chi connectivity index (χ0v) is 14.8. The molecule has 0 aliphatic rings. The summed E-state index contributed by atoms with van der Waals surface area (Å²) in [5.41, 5.74) is 4.89. The molecule has 0 radical (unpaired) electrons. The molecule has 1 N–H and O–H groups in total. The van der Waals surface area contributed by atoms with Crippen LogP contribution in [0.1, 0.15) is 69.9 Å². The number of rotatable bonds is 8. The van der Waals surface area contributed by atoms with Crippen LogP contribution in [0.3, 0.4) is 0 Å². The van der Waals surface area contributed by atoms with Gasteiger partial charge in [-0.3, -0.25) is 0 Å². The van der Waals surface area contributed by atoms with Crippen molar-refractivity contribution in [2.45, 2.75) is 65.2 Å². The zero-order chi connectivity index (χ0) is 16.7. The molecule has 23 heavy (non-hydrogen) atoms. The van der Waals surface area contributed by atoms with Gasteiger partial charge in [-0.15, -0.1) is 0 Å². The summed E-state index contributed by atoms with van der Waals surface area (Å²) in [6.07, 6.45) is 7.55. The van der Waals surface area contributed by atoms with Crippen molar-refractivity contribution in [3.05, 3.63) is 53.6 Å². The highest BCUT2D eigenvalue weighted by Crippen LogP contribution is 2.34. The first-order chi connectivity index (χ1) is 11.1. The van der Waals surface area contributed by atoms with Gasteiger partial charge in [0.2, 0.25) is 0 Å². The van der Waals surface area contributed by atoms with Crippen LogP contribution in [-0.4, -0.2) is 5.11 Å². The highest BCUT2D eigenvalue weighted by Gasteiger charge is 2.11. The molecule has 0 aliphatic heterocycles. The first-order valence-electron chi connectivity index (χ1n) is 9.04. The predicted octanol–water partition coefficient (Wildman–Crippen LogP) is 6.70. The summed E-state index contributed by atoms with van der Waals surface area (Å²) >= 11 is 0. The van der Waals surface area contributed by atoms with Crippen molar-refractivity contribution in [1.29, 1.82) is 0 Å². The van der Waals surface area contributed by atoms with E-state index < -0.39 is 0 Å². The largest absolute Gasteiger partial charge is 0.507 e. The predicted molar refractivity (Wildman–Crippen MR) is 100 cm³/mol. The van der Waals surface area contributed by atoms with Crippen LogP contribution in [0, 0.1) is 0 Å². The molecule has 1 heteroatoms. The number of hydrogen-bond donors (Lipinski definition) is 1. The summed E-state index contributed by atoms with van der Waals surface area (Å²) in [5.74, 6) is 0.907. The van der Waals surface area contributed by atoms with Crippen LogP contribution in [0.25, 0.3) is 11.1 Å². The van der Waals surface area contributed by atoms with E-state index in [4.69, 9.17) is 0 Å². The Morgan fingerprint density at radius 2 is 1.61 bits per heavy atom. The molecule has 2 aromatic rings. The third-order valence-electron chi connectivity index (χ3n) is 4.54. The molecule has 2 aromatic carbocycles. The van der Waals surface area contributed by atoms with Gasteiger partial charge in [0.05, 0.1) is 0 Å². The van der Waals surface area contributed by atoms with Crippen LogP contribution in [0.15, 0.2) is 42.5 Å². The molecule has 0 bridgehead atoms. The molecule has 1 nitrogen and oxygen atoms in total. The molecular weight excluding hydrogens is 280 g/mol. The molecule has 124 valence electrons. The standard InChI is InChI=1S/C22H30O/c1-4-5-6-7-8-11-19-16-18(17(2)3)14-15-20(19)21-12-9-10-13-22(21)23/h9-10,12-17,23H,4-8,11H2,1-3H3. The van der Waals surface area contributed by atoms with Crippen molar-refractivity contribution in [1.82, 2.24) is 0 Å². The normalized spacial score (nSPS) is 11.1. The van der Waals surface area contributed by atoms with Crippen LogP contribution < -0.4 is 0 Å². The van der Waals surface area contributed by atoms with Gasteiger partial charge < -0.3 is 5.11 Å². The minimum atomic E-state index is 0.372. The lowest BCUT2D eigenvalue weighted by Gasteiger charge is -2.15. The number of phenolic OH excluding ortho intramolecular Hbond substituents is 1. The summed E-state index contributed by atoms with van der Waals surface area (Å²) < 4.78 is 0. The molecule has 2 rings (SSSR count). The number of para-hydroxylation sites is 1. The summed E-state index contributed by atoms with van der Waals surface area (Å²) in [5, 5.41) is 10.2. The Bertz CT molecular complexity index is 613. The number of phenols is 1. The first kappa shape index (κ1) is 17.6. The maximum Gasteiger partial charge on any atom is 0.123 e. The Labute approximate surface area is 141 Å². The van der Waals surface area contributed by atoms with Gasteiger partial charge >= 0.3 is 0 Å². The minimum absolute atomic E-state index is 0.372. The van der Waals surface area contributed by atoms with Crippen molar-refractivity contribution in [3.63, 3.8) is 0 Å². The molecular formula is C22H30O. The average molecular weight is 310 g/mol. The van der Waals surface area contributed by atoms with Gasteiger partial charge in [-0.2, -0.15) is 0 Å². The SMILES string of the molecule is CCCCCCCc1cc(C(C)C)ccc1-c1ccccc1O. The lowest BCUT2D eigenvalue weighted by atomic mass is 9.90. The Kier molecular flexibility index (Phi) is 6.70. The van der Waals surface area contributed by atoms with E-state index in [2.05, 4.69) is 39.0 Å². The van der Waals surface area contributed by atoms with Crippen LogP contribution in [0.2, 0.25) is 0 Å². The van der Waals surface area contributed by atoms with Crippen molar-refractivity contribution in [2.75, 3.05) is 0 Å². The second-order valence-electron chi connectivity index (χ2n) is 6.75. The fraction of sp³-hybridized carbons (Fsp3) is 0.455. The quantitative estimate of drug-likeness (QED) is 0.538. The van der Waals surface area contributed by atoms with Crippen LogP contribution in [-0.2, 0) is 6.42 Å². The Balaban J connectivity index is 2.25. The smallest absolute Gasteiger partial charge is 0.123 e. The summed E-state index contributed by atoms with van der Waals surface area (Å²) in [6.45, 7) is 6.72. The van der Waals surface area contributed by atoms with Gasteiger partial charge in [0.15, 0.2) is 0 Å². The zero-order valence-electron chi connectivity index (χ0n) is 14.8. The third-order valence-corrected chi connectivity index (χ3v) is 4.54. The van der Waals surface area contributed by atoms with E-state index in [1.165, 1.54) is 48.8 Å². The third kappa shape index (κ3) is 4.86. The Morgan fingerprint density at radius 3 is 2.30 bits per heavy atom. The summed E-state index contributed by atoms with van der Waals surface area (Å²) in [7, 11) is 0. The fourth-order valence-electron chi connectivity index (χ4n) is 3.06. The molecule has 0 fully saturated rings. The van der Waals surface area contributed by atoms with Crippen LogP contribution in [0.4, 0.5) is 0 Å². The molecule has 0 spiro atoms. The highest BCUT2D eigenvalue weighted by molar-refractivity contribution is 5.73. The van der Waals surface area contributed by atoms with Gasteiger partial charge in [0, 0.05) is 5.56 Å². The highest BCUT2D eigenvalue weighted by atomic mass is 16.3. The second kappa shape index (κ2) is 8.76. The number of aromatic hydroxyl groups is 1. The van der Waals surface area contributed by atoms with Gasteiger partial charge in [-0.1, -0.05) is 82.9 Å². The van der Waals surface area contributed by atoms with Crippen molar-refractivity contribution in [2.24, 2.45) is 0 Å². The van der Waals surface area contributed by atoms with Gasteiger partial charge in [-0.05, 0) is 41.5 Å². The van der Waals surface area contributed by atoms with Crippen molar-refractivity contribution < 1.29 is 5.11 Å². The van der Waals surface area contributed by atoms with E-state index in [1.54, 1.807) is 6.07 Å². The summed E-state index contributed by atoms with van der Waals surface area (Å²) in [6, 6.07) is 14.4. The first-order valence-corrected chi connectivity index (χ1v) is 9.04. The number of unbranched alkanes of at least 4 members (excludes halogenated alkanes) is 4. The number of aryl methyl sites for hydroxylation is 1. The fourth-order valence-corrected chi connectivity index (χ4v) is 3.06. The van der Waals surface area contributed by atoms with Gasteiger partial charge in [0.1, 0.15) is 5.75 Å². The second-order valence-corrected chi connectivity index (χ2v) is 6.75. The molecule has 0 saturated carbocycles. The summed E-state index contributed by atoms with van der Waals surface area (Å²) in [4.78, 5) is 0. The molecule has 0 unspecified atom stereocenters. The molecule has 0 amide bonds. The number of benzene rings is 2. The van der Waals surface area contributed by atoms with Crippen molar-refractivity contribution >= 4 is 0 Å². The van der Waals surface area contributed by atoms with E-state index in [0.29, 0.717) is 11.7 Å². The minimum Gasteiger partial charge on any atom is -0.507 e. The van der Waals surface area contributed by atoms with E-state index >= 15 is 0 Å². The number of hydrogen-bond acceptors (Lipinski definition) is 1. The molecule has 0 atom stereocenters. The van der Waals surface area contributed by atoms with E-state index in [0.717, 1.165) is 12.0 Å². The maximum absolute atomic E-state index is 10.2. The van der Waals surface area contributed by atoms with Gasteiger partial charge in [-0.25, -0.2) is 0 Å². The lowest BCUT2D eigenvalue weighted by molar-refractivity contribution is 0.477. The van der Waals surface area contributed by atoms with E-state index in [9.17, 15) is 5.11 Å². The lowest BCUT2D eigenvalue weighted by Crippen LogP contribution is -1.96. The van der Waals surface area contributed by atoms with Crippen LogP contribution >= 0.6 is 0 Å². The molecule has 0 saturated heterocycles. The molecule has 0 heterocycles. The van der Waals surface area contributed by atoms with E-state index in [1.807, 2.05) is 18.2 Å². The maximum atomic E-state index is 10.2. The molecule has 0 aliphatic carbocycles. The monoisotopic (exact) mass is 310 g/mol. The topological polar surface area (TPSA) is 20.2 Å². The Morgan fingerprint density at radius 1 is 0.870 bits per heavy atom. The average Bonchev–Trinajstić information content (AvgIpc) is 2.55. The van der Waals surface area contributed by atoms with Gasteiger partial charge in [0.25, 0.3) is 0 Å². The van der Waals surface area contributed by atoms with Crippen molar-refractivity contribution in [3.8, 4) is 16.9 Å². The van der Waals surface area contributed by atoms with E-state index in [-0.39, 0.29) is 0 Å². The van der Waals surface area contributed by atoms with Crippen LogP contribution in [0.5, 0.6) is 5.75 Å². The molecule has 0 aromatic heterocycles.